The van der Waals surface area contributed by atoms with Crippen LogP contribution in [-0.2, 0) is 14.2 Å². The molecule has 4 saturated carbocycles. The van der Waals surface area contributed by atoms with Crippen molar-refractivity contribution in [3.63, 3.8) is 0 Å². The van der Waals surface area contributed by atoms with Gasteiger partial charge in [-0.1, -0.05) is 26.7 Å². The zero-order chi connectivity index (χ0) is 19.2. The van der Waals surface area contributed by atoms with Gasteiger partial charge in [0.05, 0.1) is 17.8 Å². The fourth-order valence-corrected chi connectivity index (χ4v) is 8.87. The summed E-state index contributed by atoms with van der Waals surface area (Å²) < 4.78 is 19.6. The molecule has 27 heavy (non-hydrogen) atoms. The van der Waals surface area contributed by atoms with Crippen molar-refractivity contribution in [3.8, 4) is 0 Å². The number of hydrogen-bond donors (Lipinski definition) is 0. The van der Waals surface area contributed by atoms with Crippen molar-refractivity contribution in [2.75, 3.05) is 7.11 Å². The summed E-state index contributed by atoms with van der Waals surface area (Å²) in [4.78, 5) is 0. The molecule has 1 heterocycles. The summed E-state index contributed by atoms with van der Waals surface area (Å²) in [6.45, 7) is 11.8. The fourth-order valence-electron chi connectivity index (χ4n) is 8.87. The van der Waals surface area contributed by atoms with Crippen molar-refractivity contribution in [1.29, 1.82) is 0 Å². The summed E-state index contributed by atoms with van der Waals surface area (Å²) in [5, 5.41) is 0. The first-order chi connectivity index (χ1) is 12.6. The highest BCUT2D eigenvalue weighted by molar-refractivity contribution is 5.17. The molecule has 5 fully saturated rings. The molecule has 0 amide bonds. The Kier molecular flexibility index (Phi) is 4.01. The molecule has 1 saturated heterocycles. The van der Waals surface area contributed by atoms with E-state index in [-0.39, 0.29) is 17.8 Å². The van der Waals surface area contributed by atoms with Gasteiger partial charge in [0.25, 0.3) is 0 Å². The van der Waals surface area contributed by atoms with Crippen molar-refractivity contribution < 1.29 is 14.2 Å². The van der Waals surface area contributed by atoms with Gasteiger partial charge in [-0.25, -0.2) is 0 Å². The van der Waals surface area contributed by atoms with E-state index in [1.807, 2.05) is 7.11 Å². The Morgan fingerprint density at radius 3 is 2.26 bits per heavy atom. The highest BCUT2D eigenvalue weighted by Crippen LogP contribution is 2.70. The quantitative estimate of drug-likeness (QED) is 0.599. The van der Waals surface area contributed by atoms with E-state index in [1.165, 1.54) is 51.4 Å². The number of hydrogen-bond acceptors (Lipinski definition) is 3. The molecular weight excluding hydrogens is 336 g/mol. The Balaban J connectivity index is 1.63. The van der Waals surface area contributed by atoms with Crippen LogP contribution in [-0.4, -0.2) is 30.7 Å². The van der Waals surface area contributed by atoms with Gasteiger partial charge in [-0.2, -0.15) is 0 Å². The van der Waals surface area contributed by atoms with Gasteiger partial charge in [0.15, 0.2) is 5.79 Å². The lowest BCUT2D eigenvalue weighted by atomic mass is 9.43. The van der Waals surface area contributed by atoms with E-state index < -0.39 is 5.79 Å². The molecule has 0 N–H and O–H groups in total. The molecule has 0 spiro atoms. The first-order valence-corrected chi connectivity index (χ1v) is 11.5. The number of methoxy groups -OCH3 is 1. The molecule has 5 rings (SSSR count). The molecule has 5 unspecified atom stereocenters. The van der Waals surface area contributed by atoms with Crippen molar-refractivity contribution in [3.05, 3.63) is 0 Å². The third kappa shape index (κ3) is 2.43. The van der Waals surface area contributed by atoms with Crippen molar-refractivity contribution >= 4 is 0 Å². The molecular formula is C24H40O3. The van der Waals surface area contributed by atoms with Crippen LogP contribution in [0.3, 0.4) is 0 Å². The van der Waals surface area contributed by atoms with Crippen LogP contribution in [0.25, 0.3) is 0 Å². The highest BCUT2D eigenvalue weighted by atomic mass is 16.8. The zero-order valence-corrected chi connectivity index (χ0v) is 18.3. The van der Waals surface area contributed by atoms with E-state index >= 15 is 0 Å². The number of ether oxygens (including phenoxy) is 3. The van der Waals surface area contributed by atoms with Crippen molar-refractivity contribution in [2.24, 2.45) is 34.5 Å². The number of fused-ring (bicyclic) bond motifs is 8. The summed E-state index contributed by atoms with van der Waals surface area (Å²) in [6, 6.07) is 0. The molecule has 3 nitrogen and oxygen atoms in total. The molecule has 0 bridgehead atoms. The Morgan fingerprint density at radius 1 is 0.778 bits per heavy atom. The lowest BCUT2D eigenvalue weighted by Crippen LogP contribution is -2.64. The van der Waals surface area contributed by atoms with Crippen molar-refractivity contribution in [2.45, 2.75) is 110 Å². The minimum Gasteiger partial charge on any atom is -0.378 e. The third-order valence-electron chi connectivity index (χ3n) is 10.1. The van der Waals surface area contributed by atoms with E-state index in [4.69, 9.17) is 14.2 Å². The normalized spacial score (nSPS) is 58.9. The van der Waals surface area contributed by atoms with Gasteiger partial charge < -0.3 is 14.2 Å². The van der Waals surface area contributed by atoms with Gasteiger partial charge >= 0.3 is 0 Å². The van der Waals surface area contributed by atoms with Crippen LogP contribution < -0.4 is 0 Å². The Labute approximate surface area is 165 Å². The van der Waals surface area contributed by atoms with E-state index in [0.717, 1.165) is 5.92 Å². The lowest BCUT2D eigenvalue weighted by Gasteiger charge is -2.63. The topological polar surface area (TPSA) is 27.7 Å². The van der Waals surface area contributed by atoms with Crippen LogP contribution in [0.1, 0.15) is 86.0 Å². The molecule has 9 atom stereocenters. The van der Waals surface area contributed by atoms with E-state index in [0.29, 0.717) is 28.6 Å². The molecule has 154 valence electrons. The van der Waals surface area contributed by atoms with Gasteiger partial charge in [0.1, 0.15) is 0 Å². The second-order valence-electron chi connectivity index (χ2n) is 11.8. The lowest BCUT2D eigenvalue weighted by molar-refractivity contribution is -0.205. The summed E-state index contributed by atoms with van der Waals surface area (Å²) in [6.07, 6.45) is 11.2. The molecule has 3 heteroatoms. The van der Waals surface area contributed by atoms with Gasteiger partial charge in [0.2, 0.25) is 0 Å². The average molecular weight is 377 g/mol. The Bertz CT molecular complexity index is 607. The smallest absolute Gasteiger partial charge is 0.163 e. The molecule has 0 aromatic carbocycles. The molecule has 4 aliphatic carbocycles. The minimum atomic E-state index is -0.446. The summed E-state index contributed by atoms with van der Waals surface area (Å²) >= 11 is 0. The standard InChI is InChI=1S/C24H40O3/c1-21(2)26-18-16-9-7-8-11-23(16,4)15-10-12-22(3)13-14-24(5,25-6)20(22)17(15)19(18)27-21/h15-20H,7-14H2,1-6H3/t15?,16?,17?,18-,19-,20?,22-,23-,24?/m1/s1. The summed E-state index contributed by atoms with van der Waals surface area (Å²) in [5.41, 5.74) is 0.785. The predicted octanol–water partition coefficient (Wildman–Crippen LogP) is 5.56. The molecule has 0 radical (unpaired) electrons. The summed E-state index contributed by atoms with van der Waals surface area (Å²) in [7, 11) is 1.94. The Morgan fingerprint density at radius 2 is 1.52 bits per heavy atom. The first-order valence-electron chi connectivity index (χ1n) is 11.5. The van der Waals surface area contributed by atoms with Crippen LogP contribution >= 0.6 is 0 Å². The first kappa shape index (κ1) is 18.9. The number of rotatable bonds is 1. The van der Waals surface area contributed by atoms with Crippen LogP contribution in [0.4, 0.5) is 0 Å². The second-order valence-corrected chi connectivity index (χ2v) is 11.8. The second kappa shape index (κ2) is 5.73. The maximum Gasteiger partial charge on any atom is 0.163 e. The predicted molar refractivity (Wildman–Crippen MR) is 106 cm³/mol. The summed E-state index contributed by atoms with van der Waals surface area (Å²) in [5.74, 6) is 2.13. The maximum atomic E-state index is 6.73. The highest BCUT2D eigenvalue weighted by Gasteiger charge is 2.70. The Hall–Kier alpha value is -0.120. The van der Waals surface area contributed by atoms with Gasteiger partial charge in [-0.05, 0) is 93.8 Å². The maximum absolute atomic E-state index is 6.73. The van der Waals surface area contributed by atoms with Gasteiger partial charge in [-0.15, -0.1) is 0 Å². The van der Waals surface area contributed by atoms with E-state index in [9.17, 15) is 0 Å². The van der Waals surface area contributed by atoms with Crippen LogP contribution in [0.15, 0.2) is 0 Å². The SMILES string of the molecule is COC1(C)CC[C@@]2(C)CCC3C(C12)[C@H]1OC(C)(C)O[C@@H]1C1CCCC[C@]31C. The third-order valence-corrected chi connectivity index (χ3v) is 10.1. The van der Waals surface area contributed by atoms with E-state index in [2.05, 4.69) is 34.6 Å². The van der Waals surface area contributed by atoms with Gasteiger partial charge in [0, 0.05) is 7.11 Å². The van der Waals surface area contributed by atoms with Crippen molar-refractivity contribution in [1.82, 2.24) is 0 Å². The molecule has 1 aliphatic heterocycles. The van der Waals surface area contributed by atoms with Crippen LogP contribution in [0.2, 0.25) is 0 Å². The molecule has 5 aliphatic rings. The molecule has 0 aromatic rings. The van der Waals surface area contributed by atoms with Gasteiger partial charge in [-0.3, -0.25) is 0 Å². The monoisotopic (exact) mass is 376 g/mol. The van der Waals surface area contributed by atoms with Crippen LogP contribution in [0, 0.1) is 34.5 Å². The fraction of sp³-hybridized carbons (Fsp3) is 1.00. The van der Waals surface area contributed by atoms with Crippen LogP contribution in [0.5, 0.6) is 0 Å². The largest absolute Gasteiger partial charge is 0.378 e. The molecule has 0 aromatic heterocycles. The average Bonchev–Trinajstić information content (AvgIpc) is 3.08. The minimum absolute atomic E-state index is 0.0173. The van der Waals surface area contributed by atoms with E-state index in [1.54, 1.807) is 0 Å². The zero-order valence-electron chi connectivity index (χ0n) is 18.3.